The zero-order valence-corrected chi connectivity index (χ0v) is 9.36. The summed E-state index contributed by atoms with van der Waals surface area (Å²) in [5, 5.41) is 0.588. The van der Waals surface area contributed by atoms with E-state index in [4.69, 9.17) is 4.74 Å². The maximum atomic E-state index is 12.2. The lowest BCUT2D eigenvalue weighted by atomic mass is 10.3. The first kappa shape index (κ1) is 11.7. The number of hydrogen-bond donors (Lipinski definition) is 0. The van der Waals surface area contributed by atoms with Crippen LogP contribution in [0.2, 0.25) is 0 Å². The summed E-state index contributed by atoms with van der Waals surface area (Å²) < 4.78 is 41.9. The van der Waals surface area contributed by atoms with E-state index in [9.17, 15) is 13.2 Å². The van der Waals surface area contributed by atoms with Gasteiger partial charge >= 0.3 is 6.18 Å². The molecule has 88 valence electrons. The Morgan fingerprint density at radius 3 is 2.62 bits per heavy atom. The van der Waals surface area contributed by atoms with Gasteiger partial charge in [-0.1, -0.05) is 0 Å². The normalized spacial score (nSPS) is 24.5. The number of thioether (sulfide) groups is 1. The highest BCUT2D eigenvalue weighted by molar-refractivity contribution is 7.99. The third-order valence-corrected chi connectivity index (χ3v) is 3.52. The van der Waals surface area contributed by atoms with E-state index in [1.54, 1.807) is 0 Å². The van der Waals surface area contributed by atoms with Crippen LogP contribution in [0.3, 0.4) is 0 Å². The first-order valence-corrected chi connectivity index (χ1v) is 5.68. The fraction of sp³-hybridized carbons (Fsp3) is 0.500. The minimum atomic E-state index is -4.32. The Morgan fingerprint density at radius 2 is 2.19 bits per heavy atom. The van der Waals surface area contributed by atoms with Crippen LogP contribution in [0.25, 0.3) is 0 Å². The zero-order valence-electron chi connectivity index (χ0n) is 8.54. The van der Waals surface area contributed by atoms with Crippen molar-refractivity contribution in [2.75, 3.05) is 12.4 Å². The number of pyridine rings is 1. The van der Waals surface area contributed by atoms with Gasteiger partial charge in [0.05, 0.1) is 22.8 Å². The van der Waals surface area contributed by atoms with Crippen molar-refractivity contribution in [1.29, 1.82) is 0 Å². The minimum absolute atomic E-state index is 0.116. The summed E-state index contributed by atoms with van der Waals surface area (Å²) in [6.45, 7) is 2.67. The van der Waals surface area contributed by atoms with E-state index >= 15 is 0 Å². The van der Waals surface area contributed by atoms with Gasteiger partial charge in [0.1, 0.15) is 0 Å². The molecule has 0 aromatic carbocycles. The number of nitrogens with zero attached hydrogens (tertiary/aromatic N) is 1. The molecule has 0 N–H and O–H groups in total. The number of rotatable bonds is 3. The van der Waals surface area contributed by atoms with E-state index in [0.29, 0.717) is 17.4 Å². The lowest BCUT2D eigenvalue weighted by Crippen LogP contribution is -2.08. The van der Waals surface area contributed by atoms with Crippen molar-refractivity contribution in [1.82, 2.24) is 4.98 Å². The van der Waals surface area contributed by atoms with E-state index in [1.165, 1.54) is 17.8 Å². The molecule has 1 unspecified atom stereocenters. The molecule has 0 aliphatic carbocycles. The smallest absolute Gasteiger partial charge is 0.369 e. The Hall–Kier alpha value is -0.750. The summed E-state index contributed by atoms with van der Waals surface area (Å²) >= 11 is 1.41. The van der Waals surface area contributed by atoms with Gasteiger partial charge in [-0.05, 0) is 19.1 Å². The second-order valence-electron chi connectivity index (χ2n) is 3.91. The van der Waals surface area contributed by atoms with Crippen molar-refractivity contribution in [3.8, 4) is 0 Å². The van der Waals surface area contributed by atoms with Crippen molar-refractivity contribution >= 4 is 11.8 Å². The van der Waals surface area contributed by atoms with Gasteiger partial charge in [-0.2, -0.15) is 13.2 Å². The fourth-order valence-corrected chi connectivity index (χ4v) is 1.98. The van der Waals surface area contributed by atoms with E-state index in [1.807, 2.05) is 6.92 Å². The van der Waals surface area contributed by atoms with E-state index in [2.05, 4.69) is 4.98 Å². The summed E-state index contributed by atoms with van der Waals surface area (Å²) in [4.78, 5) is 3.76. The predicted octanol–water partition coefficient (Wildman–Crippen LogP) is 2.98. The molecule has 16 heavy (non-hydrogen) atoms. The highest BCUT2D eigenvalue weighted by atomic mass is 32.2. The zero-order chi connectivity index (χ0) is 11.8. The average Bonchev–Trinajstić information content (AvgIpc) is 2.94. The Labute approximate surface area is 95.2 Å². The largest absolute Gasteiger partial charge is 0.417 e. The van der Waals surface area contributed by atoms with Crippen LogP contribution in [0.1, 0.15) is 12.5 Å². The van der Waals surface area contributed by atoms with Crippen molar-refractivity contribution in [2.45, 2.75) is 23.7 Å². The standard InChI is InChI=1S/C10H10F3NOS/c1-9(5-15-9)6-16-8-3-2-7(4-14-8)10(11,12)13/h2-4H,5-6H2,1H3. The number of epoxide rings is 1. The molecular weight excluding hydrogens is 239 g/mol. The Bertz CT molecular complexity index is 373. The van der Waals surface area contributed by atoms with Gasteiger partial charge in [0.2, 0.25) is 0 Å². The summed E-state index contributed by atoms with van der Waals surface area (Å²) in [7, 11) is 0. The molecule has 1 aromatic rings. The van der Waals surface area contributed by atoms with Gasteiger partial charge < -0.3 is 4.74 Å². The molecule has 0 radical (unpaired) electrons. The summed E-state index contributed by atoms with van der Waals surface area (Å²) in [6.07, 6.45) is -3.46. The molecule has 2 heterocycles. The van der Waals surface area contributed by atoms with E-state index in [0.717, 1.165) is 12.3 Å². The van der Waals surface area contributed by atoms with Crippen LogP contribution in [0.5, 0.6) is 0 Å². The maximum absolute atomic E-state index is 12.2. The molecule has 1 atom stereocenters. The van der Waals surface area contributed by atoms with Gasteiger partial charge in [-0.25, -0.2) is 4.98 Å². The summed E-state index contributed by atoms with van der Waals surface area (Å²) in [6, 6.07) is 2.44. The topological polar surface area (TPSA) is 25.4 Å². The molecule has 0 bridgehead atoms. The average molecular weight is 249 g/mol. The molecule has 1 aromatic heterocycles. The third-order valence-electron chi connectivity index (χ3n) is 2.23. The molecule has 0 amide bonds. The Balaban J connectivity index is 1.96. The first-order chi connectivity index (χ1) is 7.39. The van der Waals surface area contributed by atoms with Crippen LogP contribution in [-0.2, 0) is 10.9 Å². The molecule has 2 nitrogen and oxygen atoms in total. The molecule has 1 aliphatic rings. The molecular formula is C10H10F3NOS. The van der Waals surface area contributed by atoms with Crippen LogP contribution in [0.4, 0.5) is 13.2 Å². The molecule has 2 rings (SSSR count). The highest BCUT2D eigenvalue weighted by Gasteiger charge is 2.39. The molecule has 1 saturated heterocycles. The Kier molecular flexibility index (Phi) is 2.88. The van der Waals surface area contributed by atoms with Gasteiger partial charge in [0.25, 0.3) is 0 Å². The summed E-state index contributed by atoms with van der Waals surface area (Å²) in [5.41, 5.74) is -0.833. The number of halogens is 3. The van der Waals surface area contributed by atoms with Crippen molar-refractivity contribution in [2.24, 2.45) is 0 Å². The monoisotopic (exact) mass is 249 g/mol. The fourth-order valence-electron chi connectivity index (χ4n) is 1.07. The molecule has 6 heteroatoms. The first-order valence-electron chi connectivity index (χ1n) is 4.69. The van der Waals surface area contributed by atoms with Crippen LogP contribution < -0.4 is 0 Å². The number of aromatic nitrogens is 1. The SMILES string of the molecule is CC1(CSc2ccc(C(F)(F)F)cn2)CO1. The quantitative estimate of drug-likeness (QED) is 0.608. The second kappa shape index (κ2) is 3.92. The number of ether oxygens (including phenoxy) is 1. The maximum Gasteiger partial charge on any atom is 0.417 e. The van der Waals surface area contributed by atoms with Gasteiger partial charge in [-0.15, -0.1) is 11.8 Å². The predicted molar refractivity (Wildman–Crippen MR) is 54.3 cm³/mol. The van der Waals surface area contributed by atoms with Crippen molar-refractivity contribution < 1.29 is 17.9 Å². The van der Waals surface area contributed by atoms with E-state index < -0.39 is 11.7 Å². The number of alkyl halides is 3. The lowest BCUT2D eigenvalue weighted by molar-refractivity contribution is -0.137. The molecule has 0 spiro atoms. The third kappa shape index (κ3) is 2.89. The molecule has 0 saturated carbocycles. The van der Waals surface area contributed by atoms with Crippen LogP contribution >= 0.6 is 11.8 Å². The second-order valence-corrected chi connectivity index (χ2v) is 4.91. The van der Waals surface area contributed by atoms with Gasteiger partial charge in [0, 0.05) is 11.9 Å². The Morgan fingerprint density at radius 1 is 1.50 bits per heavy atom. The minimum Gasteiger partial charge on any atom is -0.369 e. The van der Waals surface area contributed by atoms with Crippen molar-refractivity contribution in [3.63, 3.8) is 0 Å². The number of hydrogen-bond acceptors (Lipinski definition) is 3. The van der Waals surface area contributed by atoms with Crippen LogP contribution in [0, 0.1) is 0 Å². The highest BCUT2D eigenvalue weighted by Crippen LogP contribution is 2.34. The van der Waals surface area contributed by atoms with Crippen molar-refractivity contribution in [3.05, 3.63) is 23.9 Å². The van der Waals surface area contributed by atoms with Gasteiger partial charge in [0.15, 0.2) is 0 Å². The van der Waals surface area contributed by atoms with E-state index in [-0.39, 0.29) is 5.60 Å². The van der Waals surface area contributed by atoms with Gasteiger partial charge in [-0.3, -0.25) is 0 Å². The lowest BCUT2D eigenvalue weighted by Gasteiger charge is -2.07. The molecule has 1 aliphatic heterocycles. The summed E-state index contributed by atoms with van der Waals surface area (Å²) in [5.74, 6) is 0.714. The van der Waals surface area contributed by atoms with Crippen LogP contribution in [0.15, 0.2) is 23.4 Å². The van der Waals surface area contributed by atoms with Crippen LogP contribution in [-0.4, -0.2) is 22.9 Å². The molecule has 1 fully saturated rings.